The van der Waals surface area contributed by atoms with Crippen molar-refractivity contribution in [2.75, 3.05) is 54.1 Å². The number of carbonyl (C=O) groups is 1. The molecular formula is C42H84NO7P. The van der Waals surface area contributed by atoms with Crippen molar-refractivity contribution >= 4 is 13.8 Å². The Kier molecular flexibility index (Phi) is 35.7. The number of phosphoric ester groups is 1. The van der Waals surface area contributed by atoms with Gasteiger partial charge in [0, 0.05) is 13.0 Å². The Morgan fingerprint density at radius 1 is 0.588 bits per heavy atom. The number of hydrogen-bond acceptors (Lipinski definition) is 7. The zero-order valence-corrected chi connectivity index (χ0v) is 35.2. The molecule has 0 saturated carbocycles. The van der Waals surface area contributed by atoms with Gasteiger partial charge < -0.3 is 27.9 Å². The number of esters is 1. The maximum Gasteiger partial charge on any atom is 0.306 e. The predicted octanol–water partition coefficient (Wildman–Crippen LogP) is 11.6. The number of ether oxygens (including phenoxy) is 2. The number of allylic oxidation sites excluding steroid dienone is 2. The quantitative estimate of drug-likeness (QED) is 0.0203. The van der Waals surface area contributed by atoms with Gasteiger partial charge in [-0.1, -0.05) is 161 Å². The number of carbonyl (C=O) groups excluding carboxylic acids is 1. The van der Waals surface area contributed by atoms with Crippen LogP contribution in [0.15, 0.2) is 12.2 Å². The van der Waals surface area contributed by atoms with Crippen molar-refractivity contribution in [3.8, 4) is 0 Å². The molecule has 2 unspecified atom stereocenters. The first kappa shape index (κ1) is 50.2. The lowest BCUT2D eigenvalue weighted by Gasteiger charge is -2.28. The van der Waals surface area contributed by atoms with Crippen LogP contribution in [0.4, 0.5) is 0 Å². The summed E-state index contributed by atoms with van der Waals surface area (Å²) in [5.41, 5.74) is 0. The summed E-state index contributed by atoms with van der Waals surface area (Å²) < 4.78 is 34.5. The third kappa shape index (κ3) is 40.3. The molecular weight excluding hydrogens is 661 g/mol. The van der Waals surface area contributed by atoms with E-state index in [2.05, 4.69) is 26.0 Å². The van der Waals surface area contributed by atoms with Crippen molar-refractivity contribution in [2.24, 2.45) is 0 Å². The van der Waals surface area contributed by atoms with E-state index < -0.39 is 13.9 Å². The number of quaternary nitrogens is 1. The minimum Gasteiger partial charge on any atom is -0.756 e. The van der Waals surface area contributed by atoms with E-state index in [1.165, 1.54) is 141 Å². The Labute approximate surface area is 316 Å². The zero-order chi connectivity index (χ0) is 37.7. The average molecular weight is 746 g/mol. The summed E-state index contributed by atoms with van der Waals surface area (Å²) in [6.07, 6.45) is 37.9. The molecule has 0 aliphatic carbocycles. The summed E-state index contributed by atoms with van der Waals surface area (Å²) in [7, 11) is 1.36. The van der Waals surface area contributed by atoms with Crippen LogP contribution in [0.5, 0.6) is 0 Å². The number of rotatable bonds is 40. The molecule has 2 atom stereocenters. The standard InChI is InChI=1S/C42H84NO7P/c1-6-8-10-12-14-16-18-19-20-21-22-23-24-25-27-29-31-33-35-42(44)50-41(40-49-51(45,46)48-38-36-43(3,4)5)39-47-37-34-32-30-28-26-17-15-13-11-9-7-2/h20-21,41H,6-19,22-40H2,1-5H3/b21-20-. The van der Waals surface area contributed by atoms with Crippen LogP contribution in [0.1, 0.15) is 194 Å². The van der Waals surface area contributed by atoms with Crippen molar-refractivity contribution in [3.05, 3.63) is 12.2 Å². The van der Waals surface area contributed by atoms with Crippen LogP contribution in [-0.2, 0) is 27.9 Å². The maximum atomic E-state index is 12.6. The van der Waals surface area contributed by atoms with E-state index >= 15 is 0 Å². The summed E-state index contributed by atoms with van der Waals surface area (Å²) in [5, 5.41) is 0. The predicted molar refractivity (Wildman–Crippen MR) is 213 cm³/mol. The van der Waals surface area contributed by atoms with Gasteiger partial charge in [0.1, 0.15) is 19.3 Å². The lowest BCUT2D eigenvalue weighted by atomic mass is 10.1. The number of phosphoric acid groups is 1. The topological polar surface area (TPSA) is 94.1 Å². The van der Waals surface area contributed by atoms with Gasteiger partial charge in [0.15, 0.2) is 0 Å². The van der Waals surface area contributed by atoms with Crippen LogP contribution < -0.4 is 4.89 Å². The molecule has 0 saturated heterocycles. The molecule has 51 heavy (non-hydrogen) atoms. The van der Waals surface area contributed by atoms with Gasteiger partial charge in [-0.05, 0) is 38.5 Å². The highest BCUT2D eigenvalue weighted by Crippen LogP contribution is 2.38. The SMILES string of the molecule is CCCCCCCCC/C=C\CCCCCCCCCC(=O)OC(COCCCCCCCCCCCCC)COP(=O)([O-])OCC[N+](C)(C)C. The van der Waals surface area contributed by atoms with Crippen LogP contribution in [0, 0.1) is 0 Å². The molecule has 0 rings (SSSR count). The van der Waals surface area contributed by atoms with Gasteiger partial charge >= 0.3 is 5.97 Å². The molecule has 0 aromatic heterocycles. The van der Waals surface area contributed by atoms with Gasteiger partial charge in [0.25, 0.3) is 7.82 Å². The Morgan fingerprint density at radius 2 is 1.02 bits per heavy atom. The van der Waals surface area contributed by atoms with E-state index in [1.54, 1.807) is 0 Å². The highest BCUT2D eigenvalue weighted by atomic mass is 31.2. The molecule has 0 spiro atoms. The van der Waals surface area contributed by atoms with Gasteiger partial charge in [-0.3, -0.25) is 9.36 Å². The van der Waals surface area contributed by atoms with E-state index in [0.29, 0.717) is 24.1 Å². The molecule has 0 aliphatic rings. The van der Waals surface area contributed by atoms with Crippen molar-refractivity contribution in [1.29, 1.82) is 0 Å². The maximum absolute atomic E-state index is 12.6. The Hall–Kier alpha value is -0.760. The summed E-state index contributed by atoms with van der Waals surface area (Å²) in [4.78, 5) is 25.0. The molecule has 0 bridgehead atoms. The van der Waals surface area contributed by atoms with E-state index in [0.717, 1.165) is 32.1 Å². The number of likely N-dealkylation sites (N-methyl/N-ethyl adjacent to an activating group) is 1. The van der Waals surface area contributed by atoms with E-state index in [-0.39, 0.29) is 25.8 Å². The molecule has 0 radical (unpaired) electrons. The van der Waals surface area contributed by atoms with Crippen LogP contribution in [0.2, 0.25) is 0 Å². The lowest BCUT2D eigenvalue weighted by molar-refractivity contribution is -0.870. The molecule has 0 heterocycles. The fourth-order valence-electron chi connectivity index (χ4n) is 5.95. The first-order valence-corrected chi connectivity index (χ1v) is 22.9. The summed E-state index contributed by atoms with van der Waals surface area (Å²) >= 11 is 0. The highest BCUT2D eigenvalue weighted by molar-refractivity contribution is 7.45. The van der Waals surface area contributed by atoms with Gasteiger partial charge in [-0.25, -0.2) is 0 Å². The third-order valence-corrected chi connectivity index (χ3v) is 10.3. The number of nitrogens with zero attached hydrogens (tertiary/aromatic N) is 1. The molecule has 0 amide bonds. The van der Waals surface area contributed by atoms with E-state index in [1.807, 2.05) is 21.1 Å². The van der Waals surface area contributed by atoms with Crippen molar-refractivity contribution in [1.82, 2.24) is 0 Å². The molecule has 9 heteroatoms. The molecule has 0 aromatic rings. The van der Waals surface area contributed by atoms with Crippen LogP contribution in [-0.4, -0.2) is 70.7 Å². The number of hydrogen-bond donors (Lipinski definition) is 0. The molecule has 8 nitrogen and oxygen atoms in total. The largest absolute Gasteiger partial charge is 0.756 e. The molecule has 0 fully saturated rings. The second kappa shape index (κ2) is 36.2. The minimum atomic E-state index is -4.51. The van der Waals surface area contributed by atoms with Crippen LogP contribution in [0.25, 0.3) is 0 Å². The molecule has 0 N–H and O–H groups in total. The smallest absolute Gasteiger partial charge is 0.306 e. The fraction of sp³-hybridized carbons (Fsp3) is 0.929. The Balaban J connectivity index is 4.20. The average Bonchev–Trinajstić information content (AvgIpc) is 3.08. The minimum absolute atomic E-state index is 0.0283. The first-order chi connectivity index (χ1) is 24.6. The van der Waals surface area contributed by atoms with Gasteiger partial charge in [0.2, 0.25) is 0 Å². The number of unbranched alkanes of at least 4 members (excludes halogenated alkanes) is 24. The fourth-order valence-corrected chi connectivity index (χ4v) is 6.68. The second-order valence-corrected chi connectivity index (χ2v) is 17.1. The highest BCUT2D eigenvalue weighted by Gasteiger charge is 2.20. The van der Waals surface area contributed by atoms with Gasteiger partial charge in [0.05, 0.1) is 34.4 Å². The van der Waals surface area contributed by atoms with Crippen molar-refractivity contribution < 1.29 is 37.3 Å². The van der Waals surface area contributed by atoms with Gasteiger partial charge in [-0.2, -0.15) is 0 Å². The summed E-state index contributed by atoms with van der Waals surface area (Å²) in [6.45, 7) is 5.43. The molecule has 0 aromatic carbocycles. The van der Waals surface area contributed by atoms with Crippen molar-refractivity contribution in [2.45, 2.75) is 200 Å². The van der Waals surface area contributed by atoms with Crippen molar-refractivity contribution in [3.63, 3.8) is 0 Å². The Morgan fingerprint density at radius 3 is 1.49 bits per heavy atom. The monoisotopic (exact) mass is 746 g/mol. The summed E-state index contributed by atoms with van der Waals surface area (Å²) in [5.74, 6) is -0.336. The second-order valence-electron chi connectivity index (χ2n) is 15.7. The Bertz CT molecular complexity index is 833. The normalized spacial score (nSPS) is 13.9. The zero-order valence-electron chi connectivity index (χ0n) is 34.3. The molecule has 304 valence electrons. The molecule has 0 aliphatic heterocycles. The van der Waals surface area contributed by atoms with E-state index in [4.69, 9.17) is 18.5 Å². The lowest BCUT2D eigenvalue weighted by Crippen LogP contribution is -2.37. The van der Waals surface area contributed by atoms with Gasteiger partial charge in [-0.15, -0.1) is 0 Å². The third-order valence-electron chi connectivity index (χ3n) is 9.32. The van der Waals surface area contributed by atoms with Crippen LogP contribution >= 0.6 is 7.82 Å². The first-order valence-electron chi connectivity index (χ1n) is 21.4. The van der Waals surface area contributed by atoms with E-state index in [9.17, 15) is 14.3 Å². The summed E-state index contributed by atoms with van der Waals surface area (Å²) in [6, 6.07) is 0. The van der Waals surface area contributed by atoms with Crippen LogP contribution in [0.3, 0.4) is 0 Å².